The quantitative estimate of drug-likeness (QED) is 0.916. The lowest BCUT2D eigenvalue weighted by Crippen LogP contribution is -2.47. The number of nitrogens with one attached hydrogen (secondary N) is 1. The minimum atomic E-state index is -0.0789. The number of benzene rings is 1. The van der Waals surface area contributed by atoms with Gasteiger partial charge in [-0.1, -0.05) is 12.1 Å². The summed E-state index contributed by atoms with van der Waals surface area (Å²) < 4.78 is 5.31. The van der Waals surface area contributed by atoms with Crippen molar-refractivity contribution in [2.24, 2.45) is 0 Å². The van der Waals surface area contributed by atoms with Gasteiger partial charge in [-0.15, -0.1) is 0 Å². The fourth-order valence-corrected chi connectivity index (χ4v) is 3.91. The predicted octanol–water partition coefficient (Wildman–Crippen LogP) is 2.45. The first-order chi connectivity index (χ1) is 12.7. The van der Waals surface area contributed by atoms with Gasteiger partial charge >= 0.3 is 0 Å². The van der Waals surface area contributed by atoms with Crippen molar-refractivity contribution in [2.45, 2.75) is 38.8 Å². The van der Waals surface area contributed by atoms with Crippen molar-refractivity contribution in [3.8, 4) is 17.1 Å². The molecular weight excluding hydrogens is 328 g/mol. The molecule has 0 saturated carbocycles. The third-order valence-electron chi connectivity index (χ3n) is 5.53. The van der Waals surface area contributed by atoms with E-state index in [2.05, 4.69) is 9.88 Å². The molecule has 1 fully saturated rings. The van der Waals surface area contributed by atoms with Crippen molar-refractivity contribution in [1.29, 1.82) is 0 Å². The Morgan fingerprint density at radius 3 is 2.85 bits per heavy atom. The van der Waals surface area contributed by atoms with Gasteiger partial charge in [-0.2, -0.15) is 0 Å². The van der Waals surface area contributed by atoms with Crippen LogP contribution in [0.2, 0.25) is 0 Å². The molecule has 1 atom stereocenters. The molecule has 1 aromatic carbocycles. The molecule has 138 valence electrons. The van der Waals surface area contributed by atoms with E-state index in [1.165, 1.54) is 0 Å². The molecule has 0 bridgehead atoms. The van der Waals surface area contributed by atoms with Crippen LogP contribution in [-0.2, 0) is 17.8 Å². The zero-order chi connectivity index (χ0) is 18.1. The highest BCUT2D eigenvalue weighted by Gasteiger charge is 2.31. The molecule has 6 nitrogen and oxygen atoms in total. The maximum atomic E-state index is 12.7. The fraction of sp³-hybridized carbons (Fsp3) is 0.500. The van der Waals surface area contributed by atoms with E-state index in [1.54, 1.807) is 7.11 Å². The van der Waals surface area contributed by atoms with Gasteiger partial charge < -0.3 is 14.6 Å². The van der Waals surface area contributed by atoms with E-state index < -0.39 is 0 Å². The summed E-state index contributed by atoms with van der Waals surface area (Å²) in [5.74, 6) is 1.95. The van der Waals surface area contributed by atoms with Crippen molar-refractivity contribution in [3.05, 3.63) is 35.7 Å². The number of fused-ring (bicyclic) bond motifs is 1. The third-order valence-corrected chi connectivity index (χ3v) is 5.53. The monoisotopic (exact) mass is 354 g/mol. The van der Waals surface area contributed by atoms with Crippen LogP contribution >= 0.6 is 0 Å². The molecule has 0 aliphatic carbocycles. The van der Waals surface area contributed by atoms with Gasteiger partial charge in [-0.05, 0) is 31.9 Å². The first-order valence-electron chi connectivity index (χ1n) is 9.40. The number of nitrogens with zero attached hydrogens (tertiary/aromatic N) is 3. The van der Waals surface area contributed by atoms with Crippen LogP contribution in [0.3, 0.4) is 0 Å². The van der Waals surface area contributed by atoms with Crippen molar-refractivity contribution in [3.63, 3.8) is 0 Å². The number of methoxy groups -OCH3 is 1. The highest BCUT2D eigenvalue weighted by molar-refractivity contribution is 5.81. The molecule has 26 heavy (non-hydrogen) atoms. The van der Waals surface area contributed by atoms with Crippen LogP contribution < -0.4 is 4.74 Å². The van der Waals surface area contributed by atoms with Gasteiger partial charge in [-0.3, -0.25) is 9.69 Å². The number of amides is 1. The van der Waals surface area contributed by atoms with Gasteiger partial charge in [0.15, 0.2) is 0 Å². The Balaban J connectivity index is 1.50. The van der Waals surface area contributed by atoms with Crippen molar-refractivity contribution >= 4 is 5.91 Å². The summed E-state index contributed by atoms with van der Waals surface area (Å²) in [5.41, 5.74) is 3.25. The smallest absolute Gasteiger partial charge is 0.239 e. The number of hydrogen-bond donors (Lipinski definition) is 1. The molecule has 2 aliphatic rings. The second kappa shape index (κ2) is 7.11. The van der Waals surface area contributed by atoms with Gasteiger partial charge in [0.2, 0.25) is 5.91 Å². The summed E-state index contributed by atoms with van der Waals surface area (Å²) in [6, 6.07) is 7.84. The molecule has 0 spiro atoms. The van der Waals surface area contributed by atoms with Gasteiger partial charge in [0.25, 0.3) is 0 Å². The SMILES string of the molecule is COc1cccc(-c2nc3c([nH]2)CN(C(C)C(=O)N2CCCC2)CC3)c1. The lowest BCUT2D eigenvalue weighted by atomic mass is 10.1. The number of aromatic amines is 1. The average Bonchev–Trinajstić information content (AvgIpc) is 3.36. The van der Waals surface area contributed by atoms with E-state index in [9.17, 15) is 4.79 Å². The molecule has 1 saturated heterocycles. The number of hydrogen-bond acceptors (Lipinski definition) is 4. The van der Waals surface area contributed by atoms with Crippen LogP contribution in [0.5, 0.6) is 5.75 Å². The molecule has 1 unspecified atom stereocenters. The number of aromatic nitrogens is 2. The van der Waals surface area contributed by atoms with Crippen molar-refractivity contribution in [1.82, 2.24) is 19.8 Å². The fourth-order valence-electron chi connectivity index (χ4n) is 3.91. The van der Waals surface area contributed by atoms with Gasteiger partial charge in [-0.25, -0.2) is 4.98 Å². The van der Waals surface area contributed by atoms with Crippen molar-refractivity contribution < 1.29 is 9.53 Å². The highest BCUT2D eigenvalue weighted by atomic mass is 16.5. The second-order valence-corrected chi connectivity index (χ2v) is 7.17. The molecule has 2 aromatic rings. The Morgan fingerprint density at radius 1 is 1.27 bits per heavy atom. The summed E-state index contributed by atoms with van der Waals surface area (Å²) >= 11 is 0. The average molecular weight is 354 g/mol. The Kier molecular flexibility index (Phi) is 4.68. The summed E-state index contributed by atoms with van der Waals surface area (Å²) in [6.45, 7) is 5.47. The van der Waals surface area contributed by atoms with Crippen LogP contribution in [0.4, 0.5) is 0 Å². The summed E-state index contributed by atoms with van der Waals surface area (Å²) in [7, 11) is 1.67. The molecule has 0 radical (unpaired) electrons. The third kappa shape index (κ3) is 3.21. The van der Waals surface area contributed by atoms with E-state index in [0.29, 0.717) is 0 Å². The molecule has 1 N–H and O–H groups in total. The number of ether oxygens (including phenoxy) is 1. The molecule has 1 aromatic heterocycles. The number of likely N-dealkylation sites (tertiary alicyclic amines) is 1. The molecule has 6 heteroatoms. The van der Waals surface area contributed by atoms with E-state index in [1.807, 2.05) is 36.1 Å². The molecular formula is C20H26N4O2. The first-order valence-corrected chi connectivity index (χ1v) is 9.40. The topological polar surface area (TPSA) is 61.5 Å². The standard InChI is InChI=1S/C20H26N4O2/c1-14(20(25)23-9-3-4-10-23)24-11-8-17-18(13-24)22-19(21-17)15-6-5-7-16(12-15)26-2/h5-7,12,14H,3-4,8-11,13H2,1-2H3,(H,21,22). The lowest BCUT2D eigenvalue weighted by Gasteiger charge is -2.33. The Morgan fingerprint density at radius 2 is 2.08 bits per heavy atom. The number of H-pyrrole nitrogens is 1. The minimum Gasteiger partial charge on any atom is -0.497 e. The summed E-state index contributed by atoms with van der Waals surface area (Å²) in [5, 5.41) is 0. The summed E-state index contributed by atoms with van der Waals surface area (Å²) in [4.78, 5) is 25.2. The normalized spacial score (nSPS) is 18.6. The zero-order valence-corrected chi connectivity index (χ0v) is 15.5. The maximum Gasteiger partial charge on any atom is 0.239 e. The van der Waals surface area contributed by atoms with Crippen LogP contribution in [0.1, 0.15) is 31.2 Å². The molecule has 2 aliphatic heterocycles. The minimum absolute atomic E-state index is 0.0789. The second-order valence-electron chi connectivity index (χ2n) is 7.17. The Labute approximate surface area is 154 Å². The van der Waals surface area contributed by atoms with E-state index >= 15 is 0 Å². The molecule has 1 amide bonds. The summed E-state index contributed by atoms with van der Waals surface area (Å²) in [6.07, 6.45) is 3.13. The van der Waals surface area contributed by atoms with E-state index in [4.69, 9.17) is 9.72 Å². The van der Waals surface area contributed by atoms with Crippen LogP contribution in [-0.4, -0.2) is 58.5 Å². The van der Waals surface area contributed by atoms with E-state index in [-0.39, 0.29) is 11.9 Å². The van der Waals surface area contributed by atoms with Crippen molar-refractivity contribution in [2.75, 3.05) is 26.7 Å². The van der Waals surface area contributed by atoms with Crippen LogP contribution in [0, 0.1) is 0 Å². The van der Waals surface area contributed by atoms with Gasteiger partial charge in [0.1, 0.15) is 11.6 Å². The van der Waals surface area contributed by atoms with Gasteiger partial charge in [0.05, 0.1) is 24.5 Å². The Hall–Kier alpha value is -2.34. The largest absolute Gasteiger partial charge is 0.497 e. The predicted molar refractivity (Wildman–Crippen MR) is 100.0 cm³/mol. The number of carbonyl (C=O) groups is 1. The van der Waals surface area contributed by atoms with Gasteiger partial charge in [0, 0.05) is 38.2 Å². The van der Waals surface area contributed by atoms with Crippen LogP contribution in [0.25, 0.3) is 11.4 Å². The zero-order valence-electron chi connectivity index (χ0n) is 15.5. The highest BCUT2D eigenvalue weighted by Crippen LogP contribution is 2.26. The lowest BCUT2D eigenvalue weighted by molar-refractivity contribution is -0.135. The Bertz CT molecular complexity index is 795. The van der Waals surface area contributed by atoms with E-state index in [0.717, 1.165) is 74.0 Å². The number of rotatable bonds is 4. The molecule has 3 heterocycles. The number of imidazole rings is 1. The molecule has 4 rings (SSSR count). The first kappa shape index (κ1) is 17.1. The van der Waals surface area contributed by atoms with Crippen LogP contribution in [0.15, 0.2) is 24.3 Å². The number of carbonyl (C=O) groups excluding carboxylic acids is 1. The maximum absolute atomic E-state index is 12.7.